The molecule has 0 saturated heterocycles. The van der Waals surface area contributed by atoms with E-state index in [0.717, 1.165) is 5.56 Å². The van der Waals surface area contributed by atoms with Gasteiger partial charge in [-0.05, 0) is 17.7 Å². The van der Waals surface area contributed by atoms with Crippen molar-refractivity contribution >= 4 is 10.9 Å². The molecule has 21 heavy (non-hydrogen) atoms. The second kappa shape index (κ2) is 5.85. The maximum Gasteiger partial charge on any atom is 0.277 e. The summed E-state index contributed by atoms with van der Waals surface area (Å²) >= 11 is 0. The van der Waals surface area contributed by atoms with Gasteiger partial charge in [0.05, 0.1) is 11.9 Å². The molecule has 2 N–H and O–H groups in total. The van der Waals surface area contributed by atoms with Crippen molar-refractivity contribution in [2.24, 2.45) is 5.73 Å². The summed E-state index contributed by atoms with van der Waals surface area (Å²) in [5, 5.41) is 8.69. The Hall–Kier alpha value is -2.53. The summed E-state index contributed by atoms with van der Waals surface area (Å²) in [7, 11) is 0. The molecule has 1 heterocycles. The Morgan fingerprint density at radius 2 is 1.76 bits per heavy atom. The predicted molar refractivity (Wildman–Crippen MR) is 82.0 cm³/mol. The highest BCUT2D eigenvalue weighted by Gasteiger charge is 2.13. The summed E-state index contributed by atoms with van der Waals surface area (Å²) in [6, 6.07) is 17.1. The van der Waals surface area contributed by atoms with Gasteiger partial charge in [-0.25, -0.2) is 4.68 Å². The second-order valence-corrected chi connectivity index (χ2v) is 4.94. The van der Waals surface area contributed by atoms with E-state index in [1.807, 2.05) is 42.5 Å². The summed E-state index contributed by atoms with van der Waals surface area (Å²) in [6.45, 7) is 0.877. The van der Waals surface area contributed by atoms with Gasteiger partial charge in [-0.1, -0.05) is 47.7 Å². The van der Waals surface area contributed by atoms with Crippen molar-refractivity contribution in [1.82, 2.24) is 15.0 Å². The zero-order valence-corrected chi connectivity index (χ0v) is 11.5. The number of nitrogens with zero attached hydrogens (tertiary/aromatic N) is 3. The second-order valence-electron chi connectivity index (χ2n) is 4.94. The first-order valence-corrected chi connectivity index (χ1v) is 6.87. The van der Waals surface area contributed by atoms with Gasteiger partial charge in [0.25, 0.3) is 5.56 Å². The number of benzene rings is 2. The van der Waals surface area contributed by atoms with Crippen LogP contribution < -0.4 is 11.3 Å². The zero-order chi connectivity index (χ0) is 14.7. The van der Waals surface area contributed by atoms with Crippen LogP contribution in [0.2, 0.25) is 0 Å². The Morgan fingerprint density at radius 3 is 2.52 bits per heavy atom. The van der Waals surface area contributed by atoms with Crippen molar-refractivity contribution < 1.29 is 0 Å². The maximum atomic E-state index is 12.4. The largest absolute Gasteiger partial charge is 0.330 e. The summed E-state index contributed by atoms with van der Waals surface area (Å²) in [5.74, 6) is 0.0411. The SMILES string of the molecule is NCC(Cn1nnc2ccccc2c1=O)c1ccccc1. The van der Waals surface area contributed by atoms with Gasteiger partial charge in [-0.15, -0.1) is 5.10 Å². The Kier molecular flexibility index (Phi) is 3.75. The van der Waals surface area contributed by atoms with Gasteiger partial charge in [0, 0.05) is 12.5 Å². The van der Waals surface area contributed by atoms with Crippen LogP contribution in [0.5, 0.6) is 0 Å². The molecule has 0 spiro atoms. The van der Waals surface area contributed by atoms with Gasteiger partial charge < -0.3 is 5.73 Å². The standard InChI is InChI=1S/C16H16N4O/c17-10-13(12-6-2-1-3-7-12)11-20-16(21)14-8-4-5-9-15(14)18-19-20/h1-9,13H,10-11,17H2. The van der Waals surface area contributed by atoms with E-state index in [4.69, 9.17) is 5.73 Å². The Balaban J connectivity index is 1.97. The van der Waals surface area contributed by atoms with Crippen molar-refractivity contribution in [2.45, 2.75) is 12.5 Å². The van der Waals surface area contributed by atoms with Crippen molar-refractivity contribution in [3.63, 3.8) is 0 Å². The average Bonchev–Trinajstić information content (AvgIpc) is 2.55. The zero-order valence-electron chi connectivity index (χ0n) is 11.5. The fraction of sp³-hybridized carbons (Fsp3) is 0.188. The average molecular weight is 280 g/mol. The molecule has 0 aliphatic carbocycles. The third-order valence-electron chi connectivity index (χ3n) is 3.58. The number of hydrogen-bond acceptors (Lipinski definition) is 4. The first-order chi connectivity index (χ1) is 10.3. The van der Waals surface area contributed by atoms with Gasteiger partial charge in [0.2, 0.25) is 0 Å². The van der Waals surface area contributed by atoms with E-state index in [1.54, 1.807) is 12.1 Å². The molecule has 0 aliphatic heterocycles. The van der Waals surface area contributed by atoms with Crippen LogP contribution in [0.15, 0.2) is 59.4 Å². The molecule has 5 nitrogen and oxygen atoms in total. The topological polar surface area (TPSA) is 73.8 Å². The molecule has 106 valence electrons. The lowest BCUT2D eigenvalue weighted by Gasteiger charge is -2.15. The van der Waals surface area contributed by atoms with Crippen molar-refractivity contribution in [3.8, 4) is 0 Å². The molecule has 0 saturated carbocycles. The molecule has 0 bridgehead atoms. The molecule has 0 amide bonds. The normalized spacial score (nSPS) is 12.4. The van der Waals surface area contributed by atoms with Crippen molar-refractivity contribution in [1.29, 1.82) is 0 Å². The fourth-order valence-electron chi connectivity index (χ4n) is 2.39. The lowest BCUT2D eigenvalue weighted by atomic mass is 9.99. The lowest BCUT2D eigenvalue weighted by Crippen LogP contribution is -2.29. The first kappa shape index (κ1) is 13.5. The van der Waals surface area contributed by atoms with E-state index in [2.05, 4.69) is 10.3 Å². The number of hydrogen-bond donors (Lipinski definition) is 1. The van der Waals surface area contributed by atoms with E-state index in [9.17, 15) is 4.79 Å². The van der Waals surface area contributed by atoms with E-state index in [-0.39, 0.29) is 11.5 Å². The third-order valence-corrected chi connectivity index (χ3v) is 3.58. The molecule has 0 radical (unpaired) electrons. The minimum atomic E-state index is -0.130. The van der Waals surface area contributed by atoms with E-state index in [1.165, 1.54) is 4.68 Å². The maximum absolute atomic E-state index is 12.4. The van der Waals surface area contributed by atoms with Crippen LogP contribution in [-0.4, -0.2) is 21.5 Å². The van der Waals surface area contributed by atoms with Crippen LogP contribution in [0.1, 0.15) is 11.5 Å². The molecule has 1 atom stereocenters. The Bertz CT molecular complexity index is 798. The van der Waals surface area contributed by atoms with Crippen LogP contribution in [0.25, 0.3) is 10.9 Å². The molecule has 1 aromatic heterocycles. The van der Waals surface area contributed by atoms with Crippen LogP contribution in [0.3, 0.4) is 0 Å². The summed E-state index contributed by atoms with van der Waals surface area (Å²) in [4.78, 5) is 12.4. The Labute approximate surface area is 122 Å². The molecular weight excluding hydrogens is 264 g/mol. The molecular formula is C16H16N4O. The van der Waals surface area contributed by atoms with Crippen molar-refractivity contribution in [2.75, 3.05) is 6.54 Å². The van der Waals surface area contributed by atoms with Gasteiger partial charge in [0.1, 0.15) is 5.52 Å². The minimum Gasteiger partial charge on any atom is -0.330 e. The van der Waals surface area contributed by atoms with Crippen LogP contribution in [0.4, 0.5) is 0 Å². The third kappa shape index (κ3) is 2.68. The number of rotatable bonds is 4. The molecule has 3 rings (SSSR count). The van der Waals surface area contributed by atoms with Gasteiger partial charge >= 0.3 is 0 Å². The van der Waals surface area contributed by atoms with Gasteiger partial charge in [-0.2, -0.15) is 0 Å². The molecule has 0 aliphatic rings. The molecule has 3 aromatic rings. The molecule has 2 aromatic carbocycles. The lowest BCUT2D eigenvalue weighted by molar-refractivity contribution is 0.482. The van der Waals surface area contributed by atoms with Crippen LogP contribution >= 0.6 is 0 Å². The van der Waals surface area contributed by atoms with Crippen molar-refractivity contribution in [3.05, 3.63) is 70.5 Å². The number of nitrogens with two attached hydrogens (primary N) is 1. The van der Waals surface area contributed by atoms with Crippen LogP contribution in [-0.2, 0) is 6.54 Å². The van der Waals surface area contributed by atoms with E-state index in [0.29, 0.717) is 24.0 Å². The summed E-state index contributed by atoms with van der Waals surface area (Å²) < 4.78 is 1.40. The smallest absolute Gasteiger partial charge is 0.277 e. The van der Waals surface area contributed by atoms with E-state index >= 15 is 0 Å². The predicted octanol–water partition coefficient (Wildman–Crippen LogP) is 1.53. The highest BCUT2D eigenvalue weighted by atomic mass is 16.1. The monoisotopic (exact) mass is 280 g/mol. The number of aromatic nitrogens is 3. The minimum absolute atomic E-state index is 0.0411. The molecule has 5 heteroatoms. The fourth-order valence-corrected chi connectivity index (χ4v) is 2.39. The van der Waals surface area contributed by atoms with Gasteiger partial charge in [0.15, 0.2) is 0 Å². The first-order valence-electron chi connectivity index (χ1n) is 6.87. The summed E-state index contributed by atoms with van der Waals surface area (Å²) in [6.07, 6.45) is 0. The highest BCUT2D eigenvalue weighted by molar-refractivity contribution is 5.76. The Morgan fingerprint density at radius 1 is 1.05 bits per heavy atom. The summed E-state index contributed by atoms with van der Waals surface area (Å²) in [5.41, 5.74) is 7.43. The van der Waals surface area contributed by atoms with Gasteiger partial charge in [-0.3, -0.25) is 4.79 Å². The molecule has 1 unspecified atom stereocenters. The molecule has 0 fully saturated rings. The van der Waals surface area contributed by atoms with E-state index < -0.39 is 0 Å². The quantitative estimate of drug-likeness (QED) is 0.786. The van der Waals surface area contributed by atoms with Crippen LogP contribution in [0, 0.1) is 0 Å². The number of fused-ring (bicyclic) bond motifs is 1. The highest BCUT2D eigenvalue weighted by Crippen LogP contribution is 2.15.